The van der Waals surface area contributed by atoms with Crippen molar-refractivity contribution in [2.75, 3.05) is 13.2 Å². The SMILES string of the molecule is CCOC(=O)c1ccc2c(c1)C1=CC=CCN1C=C2. The van der Waals surface area contributed by atoms with Crippen LogP contribution in [0.3, 0.4) is 0 Å². The molecular formula is C16H15NO2. The van der Waals surface area contributed by atoms with Gasteiger partial charge < -0.3 is 9.64 Å². The Balaban J connectivity index is 2.04. The molecule has 0 aromatic heterocycles. The summed E-state index contributed by atoms with van der Waals surface area (Å²) in [5.74, 6) is -0.265. The third kappa shape index (κ3) is 2.08. The summed E-state index contributed by atoms with van der Waals surface area (Å²) in [6.07, 6.45) is 10.4. The topological polar surface area (TPSA) is 29.5 Å². The number of ether oxygens (including phenoxy) is 1. The molecule has 0 spiro atoms. The van der Waals surface area contributed by atoms with Crippen molar-refractivity contribution in [3.8, 4) is 0 Å². The number of esters is 1. The van der Waals surface area contributed by atoms with Gasteiger partial charge in [0.15, 0.2) is 0 Å². The predicted octanol–water partition coefficient (Wildman–Crippen LogP) is 3.06. The highest BCUT2D eigenvalue weighted by molar-refractivity contribution is 5.92. The molecule has 0 amide bonds. The fourth-order valence-corrected chi connectivity index (χ4v) is 2.35. The Labute approximate surface area is 112 Å². The Morgan fingerprint density at radius 2 is 2.32 bits per heavy atom. The van der Waals surface area contributed by atoms with E-state index in [1.165, 1.54) is 0 Å². The van der Waals surface area contributed by atoms with Crippen molar-refractivity contribution < 1.29 is 9.53 Å². The smallest absolute Gasteiger partial charge is 0.338 e. The summed E-state index contributed by atoms with van der Waals surface area (Å²) in [6.45, 7) is 3.08. The number of carbonyl (C=O) groups excluding carboxylic acids is 1. The number of carbonyl (C=O) groups is 1. The lowest BCUT2D eigenvalue weighted by Crippen LogP contribution is -2.21. The largest absolute Gasteiger partial charge is 0.462 e. The molecule has 0 saturated carbocycles. The van der Waals surface area contributed by atoms with E-state index in [4.69, 9.17) is 4.74 Å². The Kier molecular flexibility index (Phi) is 2.95. The number of hydrogen-bond acceptors (Lipinski definition) is 3. The van der Waals surface area contributed by atoms with Crippen LogP contribution in [0.25, 0.3) is 11.8 Å². The molecule has 0 saturated heterocycles. The Morgan fingerprint density at radius 1 is 1.42 bits per heavy atom. The molecule has 3 heteroatoms. The summed E-state index contributed by atoms with van der Waals surface area (Å²) in [5.41, 5.74) is 3.95. The van der Waals surface area contributed by atoms with Crippen LogP contribution in [-0.4, -0.2) is 24.0 Å². The second-order valence-electron chi connectivity index (χ2n) is 4.47. The molecule has 1 aromatic carbocycles. The minimum Gasteiger partial charge on any atom is -0.462 e. The van der Waals surface area contributed by atoms with Crippen molar-refractivity contribution in [2.24, 2.45) is 0 Å². The Hall–Kier alpha value is -2.29. The highest BCUT2D eigenvalue weighted by Crippen LogP contribution is 2.31. The summed E-state index contributed by atoms with van der Waals surface area (Å²) >= 11 is 0. The van der Waals surface area contributed by atoms with Crippen LogP contribution in [0.15, 0.2) is 42.6 Å². The van der Waals surface area contributed by atoms with E-state index in [0.717, 1.165) is 23.4 Å². The molecular weight excluding hydrogens is 238 g/mol. The first kappa shape index (κ1) is 11.8. The molecule has 1 aromatic rings. The van der Waals surface area contributed by atoms with Crippen molar-refractivity contribution >= 4 is 17.7 Å². The lowest BCUT2D eigenvalue weighted by atomic mass is 9.96. The fourth-order valence-electron chi connectivity index (χ4n) is 2.35. The van der Waals surface area contributed by atoms with Gasteiger partial charge in [0.25, 0.3) is 0 Å². The van der Waals surface area contributed by atoms with E-state index in [9.17, 15) is 4.79 Å². The summed E-state index contributed by atoms with van der Waals surface area (Å²) in [7, 11) is 0. The molecule has 0 N–H and O–H groups in total. The molecule has 0 aliphatic carbocycles. The average Bonchev–Trinajstić information content (AvgIpc) is 2.47. The normalized spacial score (nSPS) is 15.6. The maximum absolute atomic E-state index is 11.8. The van der Waals surface area contributed by atoms with Gasteiger partial charge in [-0.3, -0.25) is 0 Å². The number of benzene rings is 1. The Morgan fingerprint density at radius 3 is 3.16 bits per heavy atom. The molecule has 0 radical (unpaired) electrons. The molecule has 0 bridgehead atoms. The molecule has 2 aliphatic heterocycles. The van der Waals surface area contributed by atoms with Crippen LogP contribution in [0.1, 0.15) is 28.4 Å². The van der Waals surface area contributed by atoms with Crippen molar-refractivity contribution in [3.63, 3.8) is 0 Å². The van der Waals surface area contributed by atoms with Crippen molar-refractivity contribution in [1.82, 2.24) is 4.90 Å². The van der Waals surface area contributed by atoms with E-state index in [-0.39, 0.29) is 5.97 Å². The van der Waals surface area contributed by atoms with Crippen LogP contribution in [0.5, 0.6) is 0 Å². The van der Waals surface area contributed by atoms with Gasteiger partial charge in [0.2, 0.25) is 0 Å². The molecule has 2 heterocycles. The van der Waals surface area contributed by atoms with Crippen LogP contribution in [0, 0.1) is 0 Å². The van der Waals surface area contributed by atoms with E-state index < -0.39 is 0 Å². The number of hydrogen-bond donors (Lipinski definition) is 0. The van der Waals surface area contributed by atoms with E-state index >= 15 is 0 Å². The van der Waals surface area contributed by atoms with Crippen molar-refractivity contribution in [1.29, 1.82) is 0 Å². The monoisotopic (exact) mass is 253 g/mol. The lowest BCUT2D eigenvalue weighted by Gasteiger charge is -2.29. The fraction of sp³-hybridized carbons (Fsp3) is 0.188. The molecule has 0 atom stereocenters. The van der Waals surface area contributed by atoms with E-state index in [1.54, 1.807) is 0 Å². The predicted molar refractivity (Wildman–Crippen MR) is 75.3 cm³/mol. The van der Waals surface area contributed by atoms with E-state index in [1.807, 2.05) is 31.2 Å². The molecule has 96 valence electrons. The zero-order valence-corrected chi connectivity index (χ0v) is 10.8. The summed E-state index contributed by atoms with van der Waals surface area (Å²) in [6, 6.07) is 5.69. The molecule has 3 nitrogen and oxygen atoms in total. The zero-order valence-electron chi connectivity index (χ0n) is 10.8. The second-order valence-corrected chi connectivity index (χ2v) is 4.47. The van der Waals surface area contributed by atoms with Gasteiger partial charge in [0.1, 0.15) is 0 Å². The molecule has 3 rings (SSSR count). The maximum atomic E-state index is 11.8. The van der Waals surface area contributed by atoms with Crippen LogP contribution in [0.2, 0.25) is 0 Å². The number of rotatable bonds is 2. The van der Waals surface area contributed by atoms with Gasteiger partial charge in [0, 0.05) is 24.0 Å². The number of fused-ring (bicyclic) bond motifs is 3. The first-order valence-corrected chi connectivity index (χ1v) is 6.43. The first-order chi connectivity index (χ1) is 9.29. The van der Waals surface area contributed by atoms with Crippen LogP contribution >= 0.6 is 0 Å². The minimum atomic E-state index is -0.265. The van der Waals surface area contributed by atoms with Gasteiger partial charge in [-0.15, -0.1) is 0 Å². The summed E-state index contributed by atoms with van der Waals surface area (Å²) < 4.78 is 5.05. The lowest BCUT2D eigenvalue weighted by molar-refractivity contribution is 0.0526. The number of allylic oxidation sites excluding steroid dienone is 2. The Bertz CT molecular complexity index is 611. The van der Waals surface area contributed by atoms with Gasteiger partial charge in [-0.2, -0.15) is 0 Å². The highest BCUT2D eigenvalue weighted by Gasteiger charge is 2.19. The van der Waals surface area contributed by atoms with Gasteiger partial charge >= 0.3 is 5.97 Å². The average molecular weight is 253 g/mol. The number of nitrogens with zero attached hydrogens (tertiary/aromatic N) is 1. The standard InChI is InChI=1S/C16H15NO2/c1-2-19-16(18)13-7-6-12-8-10-17-9-4-3-5-15(17)14(12)11-13/h3-8,10-11H,2,9H2,1H3. The second kappa shape index (κ2) is 4.76. The van der Waals surface area contributed by atoms with Crippen LogP contribution in [0.4, 0.5) is 0 Å². The van der Waals surface area contributed by atoms with Crippen molar-refractivity contribution in [2.45, 2.75) is 6.92 Å². The van der Waals surface area contributed by atoms with Gasteiger partial charge in [0.05, 0.1) is 12.2 Å². The van der Waals surface area contributed by atoms with Crippen LogP contribution < -0.4 is 0 Å². The zero-order chi connectivity index (χ0) is 13.2. The maximum Gasteiger partial charge on any atom is 0.338 e. The summed E-state index contributed by atoms with van der Waals surface area (Å²) in [4.78, 5) is 14.0. The quantitative estimate of drug-likeness (QED) is 0.759. The summed E-state index contributed by atoms with van der Waals surface area (Å²) in [5, 5.41) is 0. The minimum absolute atomic E-state index is 0.265. The van der Waals surface area contributed by atoms with E-state index in [2.05, 4.69) is 29.3 Å². The highest BCUT2D eigenvalue weighted by atomic mass is 16.5. The molecule has 2 aliphatic rings. The van der Waals surface area contributed by atoms with Crippen LogP contribution in [-0.2, 0) is 4.74 Å². The van der Waals surface area contributed by atoms with Crippen molar-refractivity contribution in [3.05, 3.63) is 59.3 Å². The van der Waals surface area contributed by atoms with Gasteiger partial charge in [-0.05, 0) is 36.8 Å². The molecule has 0 unspecified atom stereocenters. The van der Waals surface area contributed by atoms with Gasteiger partial charge in [-0.1, -0.05) is 18.2 Å². The third-order valence-corrected chi connectivity index (χ3v) is 3.28. The first-order valence-electron chi connectivity index (χ1n) is 6.43. The van der Waals surface area contributed by atoms with E-state index in [0.29, 0.717) is 12.2 Å². The van der Waals surface area contributed by atoms with Gasteiger partial charge in [-0.25, -0.2) is 4.79 Å². The molecule has 19 heavy (non-hydrogen) atoms. The third-order valence-electron chi connectivity index (χ3n) is 3.28. The molecule has 0 fully saturated rings.